The average Bonchev–Trinajstić information content (AvgIpc) is 2.71. The van der Waals surface area contributed by atoms with Crippen molar-refractivity contribution in [2.24, 2.45) is 5.92 Å². The van der Waals surface area contributed by atoms with Gasteiger partial charge in [0.1, 0.15) is 17.8 Å². The van der Waals surface area contributed by atoms with Gasteiger partial charge in [0.25, 0.3) is 0 Å². The molecule has 1 N–H and O–H groups in total. The summed E-state index contributed by atoms with van der Waals surface area (Å²) in [5.74, 6) is 1.40. The number of aliphatic hydroxyl groups is 1. The number of aliphatic hydroxyl groups excluding tert-OH is 1. The predicted octanol–water partition coefficient (Wildman–Crippen LogP) is 5.51. The van der Waals surface area contributed by atoms with Crippen molar-refractivity contribution in [1.82, 2.24) is 0 Å². The molecule has 1 aliphatic carbocycles. The summed E-state index contributed by atoms with van der Waals surface area (Å²) >= 11 is 1.79. The Labute approximate surface area is 172 Å². The molecule has 1 saturated heterocycles. The topological polar surface area (TPSA) is 38.7 Å². The summed E-state index contributed by atoms with van der Waals surface area (Å²) < 4.78 is 12.8. The lowest BCUT2D eigenvalue weighted by Gasteiger charge is -2.50. The molecule has 3 nitrogen and oxygen atoms in total. The van der Waals surface area contributed by atoms with Crippen LogP contribution in [0.15, 0.2) is 48.5 Å². The average molecular weight is 399 g/mol. The molecule has 0 spiro atoms. The molecule has 0 bridgehead atoms. The van der Waals surface area contributed by atoms with E-state index in [0.717, 1.165) is 18.6 Å². The van der Waals surface area contributed by atoms with Crippen molar-refractivity contribution < 1.29 is 14.6 Å². The molecule has 2 aromatic carbocycles. The van der Waals surface area contributed by atoms with Crippen LogP contribution in [0, 0.1) is 5.92 Å². The number of rotatable bonds is 5. The minimum atomic E-state index is -0.437. The Hall–Kier alpha value is -1.49. The Morgan fingerprint density at radius 1 is 1.18 bits per heavy atom. The van der Waals surface area contributed by atoms with Crippen molar-refractivity contribution >= 4 is 11.8 Å². The van der Waals surface area contributed by atoms with Crippen LogP contribution in [-0.2, 0) is 17.8 Å². The molecule has 0 saturated carbocycles. The molecule has 4 rings (SSSR count). The fraction of sp³-hybridized carbons (Fsp3) is 0.500. The molecule has 150 valence electrons. The molecular formula is C24H30O3S. The van der Waals surface area contributed by atoms with E-state index in [-0.39, 0.29) is 16.3 Å². The first-order chi connectivity index (χ1) is 13.5. The van der Waals surface area contributed by atoms with Gasteiger partial charge in [0, 0.05) is 10.7 Å². The molecule has 0 amide bonds. The highest BCUT2D eigenvalue weighted by molar-refractivity contribution is 8.01. The highest BCUT2D eigenvalue weighted by Crippen LogP contribution is 2.55. The van der Waals surface area contributed by atoms with Gasteiger partial charge in [-0.2, -0.15) is 0 Å². The van der Waals surface area contributed by atoms with E-state index >= 15 is 0 Å². The molecule has 4 atom stereocenters. The fourth-order valence-electron chi connectivity index (χ4n) is 4.46. The first-order valence-electron chi connectivity index (χ1n) is 10.3. The standard InChI is InChI=1S/C24H30O3S/c1-4-20(25)23-27-22-18-11-8-12-21(26-15-16-9-6-5-7-10-16)17(18)13-14-19(22)24(2,3)28-23/h5-12,19-20,22-23,25H,4,13-15H2,1-3H3/t19-,20-,22+,23+/m0/s1. The zero-order chi connectivity index (χ0) is 19.7. The van der Waals surface area contributed by atoms with Gasteiger partial charge in [-0.1, -0.05) is 63.2 Å². The van der Waals surface area contributed by atoms with E-state index < -0.39 is 6.10 Å². The van der Waals surface area contributed by atoms with Crippen LogP contribution < -0.4 is 4.74 Å². The van der Waals surface area contributed by atoms with Gasteiger partial charge >= 0.3 is 0 Å². The molecule has 2 aliphatic rings. The van der Waals surface area contributed by atoms with E-state index in [1.54, 1.807) is 11.8 Å². The van der Waals surface area contributed by atoms with Gasteiger partial charge in [-0.05, 0) is 42.0 Å². The third-order valence-corrected chi connectivity index (χ3v) is 7.68. The molecule has 1 aliphatic heterocycles. The number of ether oxygens (including phenoxy) is 2. The molecule has 1 heterocycles. The van der Waals surface area contributed by atoms with Crippen molar-refractivity contribution in [2.45, 2.75) is 69.0 Å². The number of hydrogen-bond donors (Lipinski definition) is 1. The number of hydrogen-bond acceptors (Lipinski definition) is 4. The normalized spacial score (nSPS) is 26.8. The lowest BCUT2D eigenvalue weighted by molar-refractivity contribution is -0.0794. The van der Waals surface area contributed by atoms with Crippen LogP contribution in [0.4, 0.5) is 0 Å². The largest absolute Gasteiger partial charge is 0.489 e. The quantitative estimate of drug-likeness (QED) is 0.721. The maximum absolute atomic E-state index is 10.4. The summed E-state index contributed by atoms with van der Waals surface area (Å²) in [5, 5.41) is 10.4. The lowest BCUT2D eigenvalue weighted by atomic mass is 9.75. The van der Waals surface area contributed by atoms with Crippen molar-refractivity contribution in [2.75, 3.05) is 0 Å². The van der Waals surface area contributed by atoms with Crippen LogP contribution in [0.5, 0.6) is 5.75 Å². The minimum Gasteiger partial charge on any atom is -0.489 e. The van der Waals surface area contributed by atoms with Gasteiger partial charge in [0.05, 0.1) is 12.2 Å². The van der Waals surface area contributed by atoms with Gasteiger partial charge in [0.2, 0.25) is 0 Å². The summed E-state index contributed by atoms with van der Waals surface area (Å²) in [6.45, 7) is 7.19. The number of benzene rings is 2. The summed E-state index contributed by atoms with van der Waals surface area (Å²) in [7, 11) is 0. The molecular weight excluding hydrogens is 368 g/mol. The van der Waals surface area contributed by atoms with E-state index in [4.69, 9.17) is 9.47 Å². The van der Waals surface area contributed by atoms with Crippen molar-refractivity contribution in [3.63, 3.8) is 0 Å². The lowest BCUT2D eigenvalue weighted by Crippen LogP contribution is -2.47. The molecule has 0 radical (unpaired) electrons. The summed E-state index contributed by atoms with van der Waals surface area (Å²) in [5.41, 5.74) is 3.50. The second-order valence-electron chi connectivity index (χ2n) is 8.37. The Morgan fingerprint density at radius 2 is 1.96 bits per heavy atom. The molecule has 0 unspecified atom stereocenters. The van der Waals surface area contributed by atoms with Crippen LogP contribution in [0.1, 0.15) is 56.4 Å². The third kappa shape index (κ3) is 3.83. The maximum Gasteiger partial charge on any atom is 0.130 e. The molecule has 2 aromatic rings. The van der Waals surface area contributed by atoms with Gasteiger partial charge in [-0.25, -0.2) is 0 Å². The van der Waals surface area contributed by atoms with Crippen molar-refractivity contribution in [1.29, 1.82) is 0 Å². The second-order valence-corrected chi connectivity index (χ2v) is 10.1. The first kappa shape index (κ1) is 19.8. The number of fused-ring (bicyclic) bond motifs is 3. The van der Waals surface area contributed by atoms with E-state index in [0.29, 0.717) is 18.9 Å². The monoisotopic (exact) mass is 398 g/mol. The highest BCUT2D eigenvalue weighted by atomic mass is 32.2. The van der Waals surface area contributed by atoms with Crippen LogP contribution in [0.25, 0.3) is 0 Å². The van der Waals surface area contributed by atoms with Gasteiger partial charge in [0.15, 0.2) is 0 Å². The summed E-state index contributed by atoms with van der Waals surface area (Å²) in [4.78, 5) is 0. The minimum absolute atomic E-state index is 0.0199. The van der Waals surface area contributed by atoms with E-state index in [1.807, 2.05) is 25.1 Å². The Bertz CT molecular complexity index is 805. The van der Waals surface area contributed by atoms with Gasteiger partial charge in [-0.3, -0.25) is 0 Å². The van der Waals surface area contributed by atoms with Crippen LogP contribution >= 0.6 is 11.8 Å². The van der Waals surface area contributed by atoms with Gasteiger partial charge < -0.3 is 14.6 Å². The molecule has 1 fully saturated rings. The van der Waals surface area contributed by atoms with Crippen LogP contribution in [-0.4, -0.2) is 21.4 Å². The SMILES string of the molecule is CC[C@H](O)[C@@H]1O[C@@H]2c3cccc(OCc4ccccc4)c3CC[C@@H]2C(C)(C)S1. The summed E-state index contributed by atoms with van der Waals surface area (Å²) in [6, 6.07) is 16.6. The van der Waals surface area contributed by atoms with E-state index in [9.17, 15) is 5.11 Å². The highest BCUT2D eigenvalue weighted by Gasteiger charge is 2.48. The molecule has 28 heavy (non-hydrogen) atoms. The zero-order valence-corrected chi connectivity index (χ0v) is 17.7. The number of thioether (sulfide) groups is 1. The Morgan fingerprint density at radius 3 is 2.71 bits per heavy atom. The predicted molar refractivity (Wildman–Crippen MR) is 115 cm³/mol. The Kier molecular flexibility index (Phi) is 5.73. The molecule has 4 heteroatoms. The Balaban J connectivity index is 1.60. The molecule has 0 aromatic heterocycles. The third-order valence-electron chi connectivity index (χ3n) is 6.11. The van der Waals surface area contributed by atoms with Crippen molar-refractivity contribution in [3.05, 3.63) is 65.2 Å². The van der Waals surface area contributed by atoms with Crippen LogP contribution in [0.3, 0.4) is 0 Å². The van der Waals surface area contributed by atoms with Crippen LogP contribution in [0.2, 0.25) is 0 Å². The van der Waals surface area contributed by atoms with E-state index in [2.05, 4.69) is 44.2 Å². The van der Waals surface area contributed by atoms with Crippen molar-refractivity contribution in [3.8, 4) is 5.75 Å². The summed E-state index contributed by atoms with van der Waals surface area (Å²) in [6.07, 6.45) is 2.38. The smallest absolute Gasteiger partial charge is 0.130 e. The van der Waals surface area contributed by atoms with E-state index in [1.165, 1.54) is 16.7 Å². The maximum atomic E-state index is 10.4. The first-order valence-corrected chi connectivity index (χ1v) is 11.2. The zero-order valence-electron chi connectivity index (χ0n) is 16.9. The second kappa shape index (κ2) is 8.10. The fourth-order valence-corrected chi connectivity index (χ4v) is 6.00. The van der Waals surface area contributed by atoms with Gasteiger partial charge in [-0.15, -0.1) is 11.8 Å².